The molecule has 2 aliphatic heterocycles. The molecule has 2 heterocycles. The number of imide groups is 1. The molecule has 1 saturated carbocycles. The highest BCUT2D eigenvalue weighted by molar-refractivity contribution is 6.09. The van der Waals surface area contributed by atoms with Gasteiger partial charge < -0.3 is 24.8 Å². The molecule has 1 spiro atoms. The van der Waals surface area contributed by atoms with E-state index in [9.17, 15) is 19.2 Å². The summed E-state index contributed by atoms with van der Waals surface area (Å²) < 4.78 is 16.1. The van der Waals surface area contributed by atoms with E-state index in [-0.39, 0.29) is 12.0 Å². The van der Waals surface area contributed by atoms with Gasteiger partial charge in [-0.05, 0) is 43.4 Å². The van der Waals surface area contributed by atoms with Gasteiger partial charge in [0, 0.05) is 0 Å². The average Bonchev–Trinajstić information content (AvgIpc) is 3.04. The van der Waals surface area contributed by atoms with Gasteiger partial charge in [-0.15, -0.1) is 0 Å². The summed E-state index contributed by atoms with van der Waals surface area (Å²) in [7, 11) is 0. The summed E-state index contributed by atoms with van der Waals surface area (Å²) in [4.78, 5) is 50.7. The molecule has 4 rings (SSSR count). The summed E-state index contributed by atoms with van der Waals surface area (Å²) in [5, 5.41) is 5.54. The molecule has 0 unspecified atom stereocenters. The monoisotopic (exact) mass is 459 g/mol. The molecule has 10 nitrogen and oxygen atoms in total. The lowest BCUT2D eigenvalue weighted by Crippen LogP contribution is -2.54. The molecule has 178 valence electrons. The van der Waals surface area contributed by atoms with Gasteiger partial charge in [-0.1, -0.05) is 25.8 Å². The van der Waals surface area contributed by atoms with Gasteiger partial charge in [0.25, 0.3) is 11.8 Å². The summed E-state index contributed by atoms with van der Waals surface area (Å²) in [6.45, 7) is 3.65. The van der Waals surface area contributed by atoms with Crippen LogP contribution >= 0.6 is 0 Å². The molecule has 2 N–H and O–H groups in total. The lowest BCUT2D eigenvalue weighted by Gasteiger charge is -2.36. The summed E-state index contributed by atoms with van der Waals surface area (Å²) in [5.74, 6) is -0.446. The Morgan fingerprint density at radius 1 is 1.24 bits per heavy atom. The quantitative estimate of drug-likeness (QED) is 0.490. The maximum absolute atomic E-state index is 12.9. The van der Waals surface area contributed by atoms with Crippen LogP contribution < -0.4 is 20.1 Å². The minimum Gasteiger partial charge on any atom is -0.486 e. The van der Waals surface area contributed by atoms with Gasteiger partial charge in [-0.2, -0.15) is 0 Å². The molecule has 0 radical (unpaired) electrons. The third kappa shape index (κ3) is 4.60. The van der Waals surface area contributed by atoms with Gasteiger partial charge in [0.2, 0.25) is 0 Å². The summed E-state index contributed by atoms with van der Waals surface area (Å²) in [6, 6.07) is 4.45. The van der Waals surface area contributed by atoms with Crippen molar-refractivity contribution in [1.29, 1.82) is 0 Å². The van der Waals surface area contributed by atoms with Gasteiger partial charge in [0.15, 0.2) is 18.1 Å². The van der Waals surface area contributed by atoms with Crippen molar-refractivity contribution in [3.8, 4) is 11.5 Å². The molecule has 1 aromatic rings. The second-order valence-corrected chi connectivity index (χ2v) is 8.79. The predicted molar refractivity (Wildman–Crippen MR) is 116 cm³/mol. The van der Waals surface area contributed by atoms with Crippen molar-refractivity contribution in [2.45, 2.75) is 51.1 Å². The number of carbonyl (C=O) groups excluding carboxylic acids is 4. The highest BCUT2D eigenvalue weighted by Gasteiger charge is 2.55. The highest BCUT2D eigenvalue weighted by atomic mass is 16.6. The number of benzene rings is 1. The molecule has 1 aliphatic carbocycles. The smallest absolute Gasteiger partial charge is 0.326 e. The van der Waals surface area contributed by atoms with Crippen LogP contribution in [0.2, 0.25) is 0 Å². The van der Waals surface area contributed by atoms with E-state index in [0.717, 1.165) is 29.7 Å². The minimum absolute atomic E-state index is 0.00320. The fourth-order valence-corrected chi connectivity index (χ4v) is 4.66. The third-order valence-electron chi connectivity index (χ3n) is 6.60. The van der Waals surface area contributed by atoms with E-state index in [1.165, 1.54) is 0 Å². The zero-order valence-electron chi connectivity index (χ0n) is 18.8. The molecule has 3 aliphatic rings. The number of nitrogens with zero attached hydrogens (tertiary/aromatic N) is 1. The number of esters is 1. The van der Waals surface area contributed by atoms with Gasteiger partial charge in [0.1, 0.15) is 25.3 Å². The first-order valence-electron chi connectivity index (χ1n) is 11.3. The van der Waals surface area contributed by atoms with Crippen LogP contribution in [0.1, 0.15) is 51.1 Å². The van der Waals surface area contributed by atoms with E-state index in [1.54, 1.807) is 19.1 Å². The Bertz CT molecular complexity index is 965. The second kappa shape index (κ2) is 9.29. The van der Waals surface area contributed by atoms with Crippen LogP contribution in [0.4, 0.5) is 4.79 Å². The summed E-state index contributed by atoms with van der Waals surface area (Å²) >= 11 is 0. The molecule has 3 atom stereocenters. The van der Waals surface area contributed by atoms with Crippen molar-refractivity contribution in [3.05, 3.63) is 23.8 Å². The van der Waals surface area contributed by atoms with Gasteiger partial charge in [0.05, 0.1) is 6.04 Å². The fourth-order valence-electron chi connectivity index (χ4n) is 4.66. The van der Waals surface area contributed by atoms with E-state index < -0.39 is 42.5 Å². The third-order valence-corrected chi connectivity index (χ3v) is 6.60. The van der Waals surface area contributed by atoms with Crippen molar-refractivity contribution >= 4 is 23.8 Å². The first-order valence-corrected chi connectivity index (χ1v) is 11.3. The topological polar surface area (TPSA) is 123 Å². The Morgan fingerprint density at radius 2 is 2.00 bits per heavy atom. The summed E-state index contributed by atoms with van der Waals surface area (Å²) in [5.41, 5.74) is -0.128. The Kier molecular flexibility index (Phi) is 6.44. The van der Waals surface area contributed by atoms with Crippen molar-refractivity contribution in [1.82, 2.24) is 15.5 Å². The number of hydrogen-bond acceptors (Lipinski definition) is 7. The van der Waals surface area contributed by atoms with E-state index in [4.69, 9.17) is 14.2 Å². The molecular weight excluding hydrogens is 430 g/mol. The number of nitrogens with one attached hydrogen (secondary N) is 2. The molecule has 0 aromatic heterocycles. The average molecular weight is 459 g/mol. The van der Waals surface area contributed by atoms with Crippen LogP contribution in [0.25, 0.3) is 0 Å². The molecular formula is C23H29N3O7. The molecule has 4 amide bonds. The lowest BCUT2D eigenvalue weighted by molar-refractivity contribution is -0.151. The normalized spacial score (nSPS) is 24.9. The van der Waals surface area contributed by atoms with Crippen LogP contribution in [0, 0.1) is 5.92 Å². The minimum atomic E-state index is -0.938. The molecule has 1 saturated heterocycles. The predicted octanol–water partition coefficient (Wildman–Crippen LogP) is 1.68. The highest BCUT2D eigenvalue weighted by Crippen LogP contribution is 2.38. The van der Waals surface area contributed by atoms with Crippen LogP contribution in [0.15, 0.2) is 18.2 Å². The number of carbonyl (C=O) groups is 4. The Morgan fingerprint density at radius 3 is 2.76 bits per heavy atom. The van der Waals surface area contributed by atoms with Crippen LogP contribution in [0.5, 0.6) is 11.5 Å². The van der Waals surface area contributed by atoms with E-state index >= 15 is 0 Å². The number of urea groups is 1. The fraction of sp³-hybridized carbons (Fsp3) is 0.565. The molecule has 33 heavy (non-hydrogen) atoms. The number of rotatable bonds is 6. The Balaban J connectivity index is 1.27. The molecule has 0 bridgehead atoms. The number of amides is 4. The standard InChI is InChI=1S/C23H29N3O7/c1-14-5-3-4-8-23(14)21(29)26(22(30)25-23)12-20(28)33-13-19(27)24-15(2)16-6-7-17-18(11-16)32-10-9-31-17/h6-7,11,14-15H,3-5,8-10,12-13H2,1-2H3,(H,24,27)(H,25,30)/t14-,15-,23+/m0/s1. The van der Waals surface area contributed by atoms with Gasteiger partial charge >= 0.3 is 12.0 Å². The van der Waals surface area contributed by atoms with Crippen molar-refractivity contribution in [2.75, 3.05) is 26.4 Å². The van der Waals surface area contributed by atoms with Crippen molar-refractivity contribution < 1.29 is 33.4 Å². The molecule has 2 fully saturated rings. The van der Waals surface area contributed by atoms with Crippen LogP contribution in [-0.4, -0.2) is 60.6 Å². The largest absolute Gasteiger partial charge is 0.486 e. The van der Waals surface area contributed by atoms with Crippen molar-refractivity contribution in [2.24, 2.45) is 5.92 Å². The zero-order chi connectivity index (χ0) is 23.6. The van der Waals surface area contributed by atoms with Crippen LogP contribution in [-0.2, 0) is 19.1 Å². The number of fused-ring (bicyclic) bond motifs is 1. The Hall–Kier alpha value is -3.30. The lowest BCUT2D eigenvalue weighted by atomic mass is 9.73. The summed E-state index contributed by atoms with van der Waals surface area (Å²) in [6.07, 6.45) is 3.25. The van der Waals surface area contributed by atoms with Crippen LogP contribution in [0.3, 0.4) is 0 Å². The Labute approximate surface area is 191 Å². The van der Waals surface area contributed by atoms with E-state index in [1.807, 2.05) is 13.0 Å². The maximum Gasteiger partial charge on any atom is 0.326 e. The van der Waals surface area contributed by atoms with E-state index in [0.29, 0.717) is 31.1 Å². The first-order chi connectivity index (χ1) is 15.8. The zero-order valence-corrected chi connectivity index (χ0v) is 18.8. The first kappa shape index (κ1) is 22.9. The second-order valence-electron chi connectivity index (χ2n) is 8.79. The number of ether oxygens (including phenoxy) is 3. The number of hydrogen-bond donors (Lipinski definition) is 2. The van der Waals surface area contributed by atoms with E-state index in [2.05, 4.69) is 10.6 Å². The van der Waals surface area contributed by atoms with Gasteiger partial charge in [-0.25, -0.2) is 4.79 Å². The maximum atomic E-state index is 12.9. The molecule has 1 aromatic carbocycles. The van der Waals surface area contributed by atoms with Gasteiger partial charge in [-0.3, -0.25) is 19.3 Å². The molecule has 10 heteroatoms. The SMILES string of the molecule is C[C@H](NC(=O)COC(=O)CN1C(=O)N[C@@]2(CCCC[C@@H]2C)C1=O)c1ccc2c(c1)OCCO2. The van der Waals surface area contributed by atoms with Crippen molar-refractivity contribution in [3.63, 3.8) is 0 Å².